The molecule has 186 valence electrons. The fraction of sp³-hybridized carbons (Fsp3) is 0.139. The number of rotatable bonds is 2. The van der Waals surface area contributed by atoms with Crippen molar-refractivity contribution in [1.82, 2.24) is 0 Å². The highest BCUT2D eigenvalue weighted by Gasteiger charge is 2.53. The lowest BCUT2D eigenvalue weighted by atomic mass is 9.63. The molecule has 2 unspecified atom stereocenters. The van der Waals surface area contributed by atoms with E-state index in [-0.39, 0.29) is 17.6 Å². The minimum atomic E-state index is -0.378. The molecule has 0 aromatic heterocycles. The van der Waals surface area contributed by atoms with Crippen molar-refractivity contribution in [3.63, 3.8) is 0 Å². The van der Waals surface area contributed by atoms with Crippen LogP contribution in [0.4, 0.5) is 0 Å². The summed E-state index contributed by atoms with van der Waals surface area (Å²) in [7, 11) is 0. The highest BCUT2D eigenvalue weighted by atomic mass is 16.5. The molecule has 1 spiro atoms. The maximum atomic E-state index is 9.12. The van der Waals surface area contributed by atoms with Crippen LogP contribution in [0.3, 0.4) is 0 Å². The largest absolute Gasteiger partial charge is 0.485 e. The molecule has 2 atom stereocenters. The van der Waals surface area contributed by atoms with E-state index < -0.39 is 0 Å². The smallest absolute Gasteiger partial charge is 0.127 e. The summed E-state index contributed by atoms with van der Waals surface area (Å²) in [6.45, 7) is 0. The Morgan fingerprint density at radius 2 is 1.49 bits per heavy atom. The van der Waals surface area contributed by atoms with Crippen LogP contribution in [0.1, 0.15) is 52.3 Å². The number of ether oxygens (including phenoxy) is 2. The minimum Gasteiger partial charge on any atom is -0.485 e. The first-order chi connectivity index (χ1) is 19.3. The van der Waals surface area contributed by atoms with Gasteiger partial charge in [0.05, 0.1) is 17.0 Å². The van der Waals surface area contributed by atoms with Crippen LogP contribution in [0.2, 0.25) is 0 Å². The van der Waals surface area contributed by atoms with Crippen molar-refractivity contribution in [3.05, 3.63) is 154 Å². The van der Waals surface area contributed by atoms with Crippen molar-refractivity contribution in [2.45, 2.75) is 30.5 Å². The summed E-state index contributed by atoms with van der Waals surface area (Å²) in [6.07, 6.45) is 10.4. The molecule has 2 aliphatic heterocycles. The van der Waals surface area contributed by atoms with Gasteiger partial charge in [-0.15, -0.1) is 0 Å². The van der Waals surface area contributed by atoms with Gasteiger partial charge in [0.25, 0.3) is 0 Å². The Morgan fingerprint density at radius 3 is 2.23 bits per heavy atom. The van der Waals surface area contributed by atoms with Crippen LogP contribution in [0, 0.1) is 11.3 Å². The second-order valence-corrected chi connectivity index (χ2v) is 10.6. The Hall–Kier alpha value is -4.81. The van der Waals surface area contributed by atoms with Crippen LogP contribution in [-0.4, -0.2) is 6.10 Å². The van der Waals surface area contributed by atoms with Gasteiger partial charge in [-0.05, 0) is 69.8 Å². The van der Waals surface area contributed by atoms with Gasteiger partial charge in [0, 0.05) is 24.0 Å². The first-order valence-corrected chi connectivity index (χ1v) is 13.5. The molecule has 4 aliphatic rings. The number of fused-ring (bicyclic) bond motifs is 9. The maximum absolute atomic E-state index is 9.12. The number of allylic oxidation sites excluding steroid dienone is 2. The average Bonchev–Trinajstić information content (AvgIpc) is 3.60. The van der Waals surface area contributed by atoms with Crippen LogP contribution in [0.25, 0.3) is 16.9 Å². The quantitative estimate of drug-likeness (QED) is 0.278. The van der Waals surface area contributed by atoms with E-state index in [0.29, 0.717) is 5.56 Å². The third-order valence-corrected chi connectivity index (χ3v) is 8.63. The predicted octanol–water partition coefficient (Wildman–Crippen LogP) is 8.02. The maximum Gasteiger partial charge on any atom is 0.127 e. The number of hydrogen-bond acceptors (Lipinski definition) is 3. The number of nitrogens with zero attached hydrogens (tertiary/aromatic N) is 1. The monoisotopic (exact) mass is 503 g/mol. The molecule has 0 N–H and O–H groups in total. The van der Waals surface area contributed by atoms with E-state index in [4.69, 9.17) is 14.7 Å². The fourth-order valence-electron chi connectivity index (χ4n) is 6.94. The molecule has 4 aromatic rings. The molecule has 2 aliphatic carbocycles. The Bertz CT molecular complexity index is 1740. The van der Waals surface area contributed by atoms with Gasteiger partial charge in [0.2, 0.25) is 0 Å². The van der Waals surface area contributed by atoms with Crippen molar-refractivity contribution >= 4 is 5.76 Å². The first kappa shape index (κ1) is 22.2. The van der Waals surface area contributed by atoms with Crippen LogP contribution < -0.4 is 4.74 Å². The Morgan fingerprint density at radius 1 is 0.744 bits per heavy atom. The Labute approximate surface area is 228 Å². The molecule has 0 amide bonds. The molecule has 0 bridgehead atoms. The number of nitriles is 1. The summed E-state index contributed by atoms with van der Waals surface area (Å²) in [5.41, 5.74) is 10.1. The summed E-state index contributed by atoms with van der Waals surface area (Å²) in [6, 6.07) is 34.1. The van der Waals surface area contributed by atoms with Gasteiger partial charge in [0.15, 0.2) is 0 Å². The van der Waals surface area contributed by atoms with E-state index in [9.17, 15) is 0 Å². The molecule has 8 rings (SSSR count). The molecule has 3 nitrogen and oxygen atoms in total. The summed E-state index contributed by atoms with van der Waals surface area (Å²) in [5.74, 6) is 1.80. The lowest BCUT2D eigenvalue weighted by Gasteiger charge is -2.45. The highest BCUT2D eigenvalue weighted by molar-refractivity contribution is 5.87. The second-order valence-electron chi connectivity index (χ2n) is 10.6. The summed E-state index contributed by atoms with van der Waals surface area (Å²) >= 11 is 0. The van der Waals surface area contributed by atoms with E-state index in [0.717, 1.165) is 35.5 Å². The zero-order valence-corrected chi connectivity index (χ0v) is 21.3. The standard InChI is InChI=1S/C36H25NO2/c37-22-23-13-15-24(16-14-23)32-19-20-33(38-32)25-17-18-31-35(21-25)39-34-12-6-5-11-30(34)36(31)28-9-3-1-7-26(28)27-8-2-4-10-29(27)36/h1-11,13-19,21,33-34H,12,20H2. The van der Waals surface area contributed by atoms with Crippen molar-refractivity contribution < 1.29 is 9.47 Å². The molecule has 0 saturated carbocycles. The molecular weight excluding hydrogens is 478 g/mol. The normalized spacial score (nSPS) is 20.9. The predicted molar refractivity (Wildman–Crippen MR) is 152 cm³/mol. The molecule has 4 aromatic carbocycles. The van der Waals surface area contributed by atoms with E-state index in [1.807, 2.05) is 24.3 Å². The molecule has 0 fully saturated rings. The van der Waals surface area contributed by atoms with Crippen molar-refractivity contribution in [3.8, 4) is 22.9 Å². The molecule has 2 heterocycles. The van der Waals surface area contributed by atoms with Gasteiger partial charge in [0.1, 0.15) is 23.7 Å². The van der Waals surface area contributed by atoms with Gasteiger partial charge in [-0.3, -0.25) is 0 Å². The molecule has 0 saturated heterocycles. The van der Waals surface area contributed by atoms with Crippen LogP contribution in [0.15, 0.2) is 121 Å². The van der Waals surface area contributed by atoms with Gasteiger partial charge in [-0.25, -0.2) is 0 Å². The van der Waals surface area contributed by atoms with E-state index in [1.165, 1.54) is 33.4 Å². The lowest BCUT2D eigenvalue weighted by Crippen LogP contribution is -2.42. The fourth-order valence-corrected chi connectivity index (χ4v) is 6.94. The zero-order valence-electron chi connectivity index (χ0n) is 21.3. The number of benzene rings is 4. The molecule has 39 heavy (non-hydrogen) atoms. The lowest BCUT2D eigenvalue weighted by molar-refractivity contribution is 0.188. The van der Waals surface area contributed by atoms with Gasteiger partial charge < -0.3 is 9.47 Å². The van der Waals surface area contributed by atoms with Gasteiger partial charge in [-0.1, -0.05) is 78.9 Å². The van der Waals surface area contributed by atoms with E-state index in [1.54, 1.807) is 0 Å². The first-order valence-electron chi connectivity index (χ1n) is 13.5. The van der Waals surface area contributed by atoms with Crippen molar-refractivity contribution in [2.75, 3.05) is 0 Å². The summed E-state index contributed by atoms with van der Waals surface area (Å²) in [4.78, 5) is 0. The van der Waals surface area contributed by atoms with Crippen LogP contribution >= 0.6 is 0 Å². The molecule has 0 radical (unpaired) electrons. The third kappa shape index (κ3) is 3.09. The zero-order chi connectivity index (χ0) is 26.0. The minimum absolute atomic E-state index is 0.0196. The highest BCUT2D eigenvalue weighted by Crippen LogP contribution is 2.61. The third-order valence-electron chi connectivity index (χ3n) is 8.63. The summed E-state index contributed by atoms with van der Waals surface area (Å²) in [5, 5.41) is 9.12. The topological polar surface area (TPSA) is 42.2 Å². The van der Waals surface area contributed by atoms with Crippen molar-refractivity contribution in [1.29, 1.82) is 5.26 Å². The Balaban J connectivity index is 1.24. The number of hydrogen-bond donors (Lipinski definition) is 0. The molecular formula is C36H25NO2. The SMILES string of the molecule is N#Cc1ccc(C2=CCC(c3ccc4c(c3)OC3CC=CC=C3C43c4ccccc4-c4ccccc43)O2)cc1. The molecule has 3 heteroatoms. The van der Waals surface area contributed by atoms with Gasteiger partial charge in [-0.2, -0.15) is 5.26 Å². The van der Waals surface area contributed by atoms with Gasteiger partial charge >= 0.3 is 0 Å². The Kier molecular flexibility index (Phi) is 4.75. The van der Waals surface area contributed by atoms with Crippen molar-refractivity contribution in [2.24, 2.45) is 0 Å². The van der Waals surface area contributed by atoms with E-state index >= 15 is 0 Å². The van der Waals surface area contributed by atoms with Crippen LogP contribution in [-0.2, 0) is 10.2 Å². The summed E-state index contributed by atoms with van der Waals surface area (Å²) < 4.78 is 13.2. The van der Waals surface area contributed by atoms with Crippen LogP contribution in [0.5, 0.6) is 5.75 Å². The second kappa shape index (κ2) is 8.35. The van der Waals surface area contributed by atoms with E-state index in [2.05, 4.69) is 97.1 Å². The average molecular weight is 504 g/mol.